The highest BCUT2D eigenvalue weighted by Crippen LogP contribution is 2.47. The van der Waals surface area contributed by atoms with Gasteiger partial charge in [0.1, 0.15) is 11.5 Å². The zero-order valence-corrected chi connectivity index (χ0v) is 20.8. The van der Waals surface area contributed by atoms with Gasteiger partial charge in [-0.1, -0.05) is 18.2 Å². The Morgan fingerprint density at radius 3 is 2.43 bits per heavy atom. The van der Waals surface area contributed by atoms with Crippen LogP contribution in [0.1, 0.15) is 49.7 Å². The number of fused-ring (bicyclic) bond motifs is 1. The van der Waals surface area contributed by atoms with Gasteiger partial charge in [0.05, 0.1) is 39.4 Å². The second-order valence-corrected chi connectivity index (χ2v) is 8.74. The van der Waals surface area contributed by atoms with Gasteiger partial charge in [-0.15, -0.1) is 0 Å². The van der Waals surface area contributed by atoms with Crippen LogP contribution in [0.5, 0.6) is 17.2 Å². The number of benzene rings is 2. The molecule has 184 valence electrons. The van der Waals surface area contributed by atoms with Crippen molar-refractivity contribution < 1.29 is 28.5 Å². The van der Waals surface area contributed by atoms with Crippen LogP contribution in [0.4, 0.5) is 0 Å². The lowest BCUT2D eigenvalue weighted by molar-refractivity contribution is -0.136. The summed E-state index contributed by atoms with van der Waals surface area (Å²) in [6, 6.07) is 13.3. The van der Waals surface area contributed by atoms with E-state index in [2.05, 4.69) is 0 Å². The molecule has 0 aromatic heterocycles. The van der Waals surface area contributed by atoms with Crippen molar-refractivity contribution in [1.29, 1.82) is 0 Å². The topological polar surface area (TPSA) is 83.4 Å². The molecule has 3 atom stereocenters. The third kappa shape index (κ3) is 4.67. The van der Waals surface area contributed by atoms with Crippen molar-refractivity contribution in [2.45, 2.75) is 38.5 Å². The van der Waals surface area contributed by atoms with Gasteiger partial charge in [0.15, 0.2) is 11.5 Å². The number of allylic oxidation sites excluding steroid dienone is 1. The van der Waals surface area contributed by atoms with Crippen molar-refractivity contribution >= 4 is 17.5 Å². The predicted molar refractivity (Wildman–Crippen MR) is 133 cm³/mol. The number of Topliss-reactive ketones (excluding diaryl/α,β-unsaturated/α-hetero) is 1. The Bertz CT molecular complexity index is 1200. The highest BCUT2D eigenvalue weighted by Gasteiger charge is 2.46. The highest BCUT2D eigenvalue weighted by molar-refractivity contribution is 6.12. The van der Waals surface area contributed by atoms with Gasteiger partial charge in [0.25, 0.3) is 0 Å². The number of ether oxygens (including phenoxy) is 4. The van der Waals surface area contributed by atoms with Gasteiger partial charge < -0.3 is 18.9 Å². The Balaban J connectivity index is 1.76. The average molecular weight is 478 g/mol. The van der Waals surface area contributed by atoms with Crippen molar-refractivity contribution in [2.75, 3.05) is 27.9 Å². The van der Waals surface area contributed by atoms with Crippen molar-refractivity contribution in [3.05, 3.63) is 64.9 Å². The van der Waals surface area contributed by atoms with E-state index in [4.69, 9.17) is 23.9 Å². The number of esters is 1. The number of methoxy groups -OCH3 is 3. The van der Waals surface area contributed by atoms with Gasteiger partial charge in [-0.3, -0.25) is 9.79 Å². The van der Waals surface area contributed by atoms with E-state index in [1.807, 2.05) is 49.4 Å². The molecule has 0 amide bonds. The zero-order valence-electron chi connectivity index (χ0n) is 20.8. The molecule has 2 aromatic rings. The Labute approximate surface area is 205 Å². The average Bonchev–Trinajstić information content (AvgIpc) is 2.87. The van der Waals surface area contributed by atoms with Crippen LogP contribution in [-0.2, 0) is 14.3 Å². The van der Waals surface area contributed by atoms with Crippen LogP contribution >= 0.6 is 0 Å². The third-order valence-electron chi connectivity index (χ3n) is 6.77. The predicted octanol–water partition coefficient (Wildman–Crippen LogP) is 4.85. The first kappa shape index (κ1) is 24.5. The molecule has 0 bridgehead atoms. The monoisotopic (exact) mass is 477 g/mol. The van der Waals surface area contributed by atoms with Crippen molar-refractivity contribution in [1.82, 2.24) is 0 Å². The smallest absolute Gasteiger partial charge is 0.336 e. The lowest BCUT2D eigenvalue weighted by Crippen LogP contribution is -2.41. The summed E-state index contributed by atoms with van der Waals surface area (Å²) in [5, 5.41) is 0. The minimum absolute atomic E-state index is 0.0415. The molecule has 7 heteroatoms. The third-order valence-corrected chi connectivity index (χ3v) is 6.77. The van der Waals surface area contributed by atoms with Crippen LogP contribution in [0.2, 0.25) is 0 Å². The Hall–Kier alpha value is -3.61. The summed E-state index contributed by atoms with van der Waals surface area (Å²) in [7, 11) is 4.54. The fraction of sp³-hybridized carbons (Fsp3) is 0.393. The normalized spacial score (nSPS) is 21.7. The molecule has 4 rings (SSSR count). The van der Waals surface area contributed by atoms with Gasteiger partial charge >= 0.3 is 5.97 Å². The number of hydrogen-bond acceptors (Lipinski definition) is 7. The number of hydrogen-bond donors (Lipinski definition) is 0. The van der Waals surface area contributed by atoms with E-state index in [1.165, 1.54) is 7.11 Å². The molecule has 2 aliphatic rings. The summed E-state index contributed by atoms with van der Waals surface area (Å²) in [6.45, 7) is 4.25. The molecule has 35 heavy (non-hydrogen) atoms. The first-order valence-electron chi connectivity index (χ1n) is 11.8. The van der Waals surface area contributed by atoms with Gasteiger partial charge in [0.2, 0.25) is 0 Å². The van der Waals surface area contributed by atoms with Crippen LogP contribution in [0.25, 0.3) is 0 Å². The lowest BCUT2D eigenvalue weighted by Gasteiger charge is -2.38. The standard InChI is InChI=1S/C28H31NO6/c1-6-35-20-9-7-8-18(12-20)26-25(28(31)34-5)16(2)29-21-13-19(14-22(30)27(21)26)17-10-11-23(32-3)24(15-17)33-4/h7-12,15,19,26-27H,6,13-14H2,1-5H3/t19-,26-,27?/m0/s1. The number of carbonyl (C=O) groups excluding carboxylic acids is 2. The molecule has 1 fully saturated rings. The van der Waals surface area contributed by atoms with E-state index in [1.54, 1.807) is 21.1 Å². The quantitative estimate of drug-likeness (QED) is 0.530. The second kappa shape index (κ2) is 10.3. The van der Waals surface area contributed by atoms with E-state index in [9.17, 15) is 9.59 Å². The van der Waals surface area contributed by atoms with Crippen molar-refractivity contribution in [3.8, 4) is 17.2 Å². The lowest BCUT2D eigenvalue weighted by atomic mass is 9.66. The molecule has 7 nitrogen and oxygen atoms in total. The number of rotatable bonds is 7. The number of nitrogens with zero attached hydrogens (tertiary/aromatic N) is 1. The minimum Gasteiger partial charge on any atom is -0.494 e. The van der Waals surface area contributed by atoms with Gasteiger partial charge in [-0.05, 0) is 61.6 Å². The molecular formula is C28H31NO6. The maximum Gasteiger partial charge on any atom is 0.336 e. The molecule has 2 aromatic carbocycles. The number of ketones is 1. The van der Waals surface area contributed by atoms with Crippen LogP contribution in [0.3, 0.4) is 0 Å². The molecular weight excluding hydrogens is 446 g/mol. The van der Waals surface area contributed by atoms with E-state index >= 15 is 0 Å². The van der Waals surface area contributed by atoms with E-state index < -0.39 is 17.8 Å². The molecule has 0 spiro atoms. The Morgan fingerprint density at radius 1 is 0.971 bits per heavy atom. The van der Waals surface area contributed by atoms with Gasteiger partial charge in [-0.2, -0.15) is 0 Å². The summed E-state index contributed by atoms with van der Waals surface area (Å²) >= 11 is 0. The summed E-state index contributed by atoms with van der Waals surface area (Å²) in [6.07, 6.45) is 0.952. The fourth-order valence-corrected chi connectivity index (χ4v) is 5.22. The SMILES string of the molecule is CCOc1cccc([C@H]2C(C(=O)OC)=C(C)N=C3C[C@H](c4ccc(OC)c(OC)c4)CC(=O)C32)c1. The fourth-order valence-electron chi connectivity index (χ4n) is 5.22. The second-order valence-electron chi connectivity index (χ2n) is 8.74. The largest absolute Gasteiger partial charge is 0.494 e. The summed E-state index contributed by atoms with van der Waals surface area (Å²) < 4.78 is 21.6. The van der Waals surface area contributed by atoms with Crippen LogP contribution in [-0.4, -0.2) is 45.4 Å². The van der Waals surface area contributed by atoms with Gasteiger partial charge in [-0.25, -0.2) is 4.79 Å². The molecule has 1 saturated carbocycles. The molecule has 1 unspecified atom stereocenters. The summed E-state index contributed by atoms with van der Waals surface area (Å²) in [5.41, 5.74) is 3.62. The summed E-state index contributed by atoms with van der Waals surface area (Å²) in [4.78, 5) is 31.3. The Kier molecular flexibility index (Phi) is 7.24. The minimum atomic E-state index is -0.527. The Morgan fingerprint density at radius 2 is 1.74 bits per heavy atom. The molecule has 0 radical (unpaired) electrons. The van der Waals surface area contributed by atoms with E-state index in [-0.39, 0.29) is 11.7 Å². The molecule has 1 heterocycles. The van der Waals surface area contributed by atoms with Crippen LogP contribution in [0, 0.1) is 5.92 Å². The molecule has 0 saturated heterocycles. The first-order valence-corrected chi connectivity index (χ1v) is 11.8. The van der Waals surface area contributed by atoms with E-state index in [0.717, 1.165) is 16.8 Å². The first-order chi connectivity index (χ1) is 16.9. The number of carbonyl (C=O) groups is 2. The summed E-state index contributed by atoms with van der Waals surface area (Å²) in [5.74, 6) is 0.502. The molecule has 1 aliphatic heterocycles. The van der Waals surface area contributed by atoms with Crippen LogP contribution in [0.15, 0.2) is 58.7 Å². The highest BCUT2D eigenvalue weighted by atomic mass is 16.5. The molecule has 0 N–H and O–H groups in total. The van der Waals surface area contributed by atoms with Crippen molar-refractivity contribution in [3.63, 3.8) is 0 Å². The zero-order chi connectivity index (χ0) is 25.1. The van der Waals surface area contributed by atoms with E-state index in [0.29, 0.717) is 48.0 Å². The maximum absolute atomic E-state index is 13.7. The maximum atomic E-state index is 13.7. The van der Waals surface area contributed by atoms with Gasteiger partial charge in [0, 0.05) is 23.7 Å². The number of aliphatic imine (C=N–C) groups is 1. The van der Waals surface area contributed by atoms with Crippen molar-refractivity contribution in [2.24, 2.45) is 10.9 Å². The molecule has 1 aliphatic carbocycles. The van der Waals surface area contributed by atoms with Crippen LogP contribution < -0.4 is 14.2 Å².